The van der Waals surface area contributed by atoms with Crippen LogP contribution in [-0.2, 0) is 27.1 Å². The summed E-state index contributed by atoms with van der Waals surface area (Å²) in [6.07, 6.45) is 0. The van der Waals surface area contributed by atoms with Gasteiger partial charge in [0.15, 0.2) is 0 Å². The van der Waals surface area contributed by atoms with Crippen molar-refractivity contribution in [2.45, 2.75) is 12.3 Å². The van der Waals surface area contributed by atoms with Crippen LogP contribution in [0.5, 0.6) is 0 Å². The molecular weight excluding hydrogens is 400 g/mol. The molecule has 0 aliphatic carbocycles. The number of carbonyl (C=O) groups excluding carboxylic acids is 1. The highest BCUT2D eigenvalue weighted by Gasteiger charge is 2.28. The summed E-state index contributed by atoms with van der Waals surface area (Å²) in [5.74, 6) is -2.15. The molecule has 1 aliphatic heterocycles. The first-order valence-electron chi connectivity index (χ1n) is 9.28. The molecule has 2 aromatic carbocycles. The minimum Gasteiger partial charge on any atom is -0.351 e. The maximum atomic E-state index is 13.8. The SMILES string of the molecule is O=C(CN1CCN(S(=O)(=O)Cc2cc(F)ccc2F)CC1)NCc1ccccc1. The van der Waals surface area contributed by atoms with Crippen molar-refractivity contribution in [3.63, 3.8) is 0 Å². The predicted octanol–water partition coefficient (Wildman–Crippen LogP) is 1.73. The number of nitrogens with one attached hydrogen (secondary N) is 1. The number of piperazine rings is 1. The summed E-state index contributed by atoms with van der Waals surface area (Å²) in [6.45, 7) is 1.80. The van der Waals surface area contributed by atoms with Crippen LogP contribution in [0, 0.1) is 11.6 Å². The van der Waals surface area contributed by atoms with Crippen LogP contribution in [0.25, 0.3) is 0 Å². The number of rotatable bonds is 7. The molecule has 0 unspecified atom stereocenters. The Hall–Kier alpha value is -2.36. The Labute approximate surface area is 169 Å². The largest absolute Gasteiger partial charge is 0.351 e. The minimum atomic E-state index is -3.77. The number of benzene rings is 2. The first kappa shape index (κ1) is 21.4. The zero-order valence-corrected chi connectivity index (χ0v) is 16.7. The van der Waals surface area contributed by atoms with Gasteiger partial charge < -0.3 is 5.32 Å². The van der Waals surface area contributed by atoms with E-state index >= 15 is 0 Å². The van der Waals surface area contributed by atoms with Gasteiger partial charge in [-0.3, -0.25) is 9.69 Å². The second-order valence-electron chi connectivity index (χ2n) is 6.93. The number of halogens is 2. The molecule has 1 saturated heterocycles. The third-order valence-electron chi connectivity index (χ3n) is 4.77. The monoisotopic (exact) mass is 423 g/mol. The highest BCUT2D eigenvalue weighted by atomic mass is 32.2. The lowest BCUT2D eigenvalue weighted by atomic mass is 10.2. The third-order valence-corrected chi connectivity index (χ3v) is 6.60. The average Bonchev–Trinajstić information content (AvgIpc) is 2.70. The van der Waals surface area contributed by atoms with Crippen molar-refractivity contribution in [3.05, 3.63) is 71.3 Å². The molecule has 156 valence electrons. The van der Waals surface area contributed by atoms with E-state index in [9.17, 15) is 22.0 Å². The fourth-order valence-electron chi connectivity index (χ4n) is 3.16. The minimum absolute atomic E-state index is 0.132. The number of carbonyl (C=O) groups is 1. The molecule has 2 aromatic rings. The molecule has 0 saturated carbocycles. The van der Waals surface area contributed by atoms with Gasteiger partial charge in [-0.25, -0.2) is 17.2 Å². The van der Waals surface area contributed by atoms with Gasteiger partial charge in [-0.15, -0.1) is 0 Å². The Kier molecular flexibility index (Phi) is 6.94. The smallest absolute Gasteiger partial charge is 0.234 e. The van der Waals surface area contributed by atoms with Crippen molar-refractivity contribution >= 4 is 15.9 Å². The Morgan fingerprint density at radius 2 is 1.69 bits per heavy atom. The lowest BCUT2D eigenvalue weighted by molar-refractivity contribution is -0.122. The molecule has 9 heteroatoms. The topological polar surface area (TPSA) is 69.7 Å². The van der Waals surface area contributed by atoms with E-state index in [1.165, 1.54) is 4.31 Å². The molecule has 1 heterocycles. The molecule has 3 rings (SSSR count). The summed E-state index contributed by atoms with van der Waals surface area (Å²) in [6, 6.07) is 12.3. The van der Waals surface area contributed by atoms with Crippen molar-refractivity contribution in [3.8, 4) is 0 Å². The van der Waals surface area contributed by atoms with Crippen LogP contribution < -0.4 is 5.32 Å². The third kappa shape index (κ3) is 6.06. The van der Waals surface area contributed by atoms with E-state index in [0.717, 1.165) is 23.8 Å². The number of amides is 1. The molecule has 1 fully saturated rings. The fourth-order valence-corrected chi connectivity index (χ4v) is 4.68. The van der Waals surface area contributed by atoms with Crippen molar-refractivity contribution in [2.24, 2.45) is 0 Å². The van der Waals surface area contributed by atoms with E-state index in [4.69, 9.17) is 0 Å². The summed E-state index contributed by atoms with van der Waals surface area (Å²) >= 11 is 0. The fraction of sp³-hybridized carbons (Fsp3) is 0.350. The van der Waals surface area contributed by atoms with E-state index in [2.05, 4.69) is 5.32 Å². The number of hydrogen-bond acceptors (Lipinski definition) is 4. The van der Waals surface area contributed by atoms with Crippen LogP contribution in [0.3, 0.4) is 0 Å². The predicted molar refractivity (Wildman–Crippen MR) is 105 cm³/mol. The summed E-state index contributed by atoms with van der Waals surface area (Å²) in [5, 5.41) is 2.84. The van der Waals surface area contributed by atoms with Crippen LogP contribution in [-0.4, -0.2) is 56.3 Å². The molecule has 0 spiro atoms. The van der Waals surface area contributed by atoms with E-state index in [0.29, 0.717) is 19.6 Å². The van der Waals surface area contributed by atoms with Crippen LogP contribution in [0.15, 0.2) is 48.5 Å². The van der Waals surface area contributed by atoms with Gasteiger partial charge >= 0.3 is 0 Å². The molecule has 0 bridgehead atoms. The maximum Gasteiger partial charge on any atom is 0.234 e. The first-order chi connectivity index (χ1) is 13.8. The van der Waals surface area contributed by atoms with Gasteiger partial charge in [0.05, 0.1) is 12.3 Å². The second kappa shape index (κ2) is 9.43. The number of hydrogen-bond donors (Lipinski definition) is 1. The van der Waals surface area contributed by atoms with Crippen molar-refractivity contribution < 1.29 is 22.0 Å². The lowest BCUT2D eigenvalue weighted by Gasteiger charge is -2.33. The maximum absolute atomic E-state index is 13.8. The zero-order valence-electron chi connectivity index (χ0n) is 15.9. The van der Waals surface area contributed by atoms with E-state index in [1.807, 2.05) is 35.2 Å². The van der Waals surface area contributed by atoms with Gasteiger partial charge in [-0.05, 0) is 23.8 Å². The molecule has 0 atom stereocenters. The van der Waals surface area contributed by atoms with Gasteiger partial charge in [0.2, 0.25) is 15.9 Å². The van der Waals surface area contributed by atoms with Crippen LogP contribution in [0.2, 0.25) is 0 Å². The average molecular weight is 423 g/mol. The summed E-state index contributed by atoms with van der Waals surface area (Å²) < 4.78 is 53.4. The van der Waals surface area contributed by atoms with Crippen LogP contribution in [0.4, 0.5) is 8.78 Å². The summed E-state index contributed by atoms with van der Waals surface area (Å²) in [7, 11) is -3.77. The molecule has 29 heavy (non-hydrogen) atoms. The Morgan fingerprint density at radius 1 is 1.00 bits per heavy atom. The second-order valence-corrected chi connectivity index (χ2v) is 8.90. The molecule has 1 N–H and O–H groups in total. The van der Waals surface area contributed by atoms with Crippen molar-refractivity contribution in [2.75, 3.05) is 32.7 Å². The normalized spacial score (nSPS) is 15.9. The lowest BCUT2D eigenvalue weighted by Crippen LogP contribution is -2.51. The van der Waals surface area contributed by atoms with Gasteiger partial charge in [0, 0.05) is 38.3 Å². The highest BCUT2D eigenvalue weighted by molar-refractivity contribution is 7.88. The standard InChI is InChI=1S/C20H23F2N3O3S/c21-18-6-7-19(22)17(12-18)15-29(27,28)25-10-8-24(9-11-25)14-20(26)23-13-16-4-2-1-3-5-16/h1-7,12H,8-11,13-15H2,(H,23,26). The van der Waals surface area contributed by atoms with Gasteiger partial charge in [-0.1, -0.05) is 30.3 Å². The van der Waals surface area contributed by atoms with Crippen LogP contribution in [0.1, 0.15) is 11.1 Å². The van der Waals surface area contributed by atoms with Crippen molar-refractivity contribution in [1.29, 1.82) is 0 Å². The summed E-state index contributed by atoms with van der Waals surface area (Å²) in [5.41, 5.74) is 0.814. The Bertz CT molecular complexity index is 947. The molecule has 1 amide bonds. The van der Waals surface area contributed by atoms with E-state index in [-0.39, 0.29) is 31.1 Å². The van der Waals surface area contributed by atoms with Gasteiger partial charge in [0.25, 0.3) is 0 Å². The number of nitrogens with zero attached hydrogens (tertiary/aromatic N) is 2. The van der Waals surface area contributed by atoms with Gasteiger partial charge in [0.1, 0.15) is 11.6 Å². The van der Waals surface area contributed by atoms with Crippen molar-refractivity contribution in [1.82, 2.24) is 14.5 Å². The highest BCUT2D eigenvalue weighted by Crippen LogP contribution is 2.17. The first-order valence-corrected chi connectivity index (χ1v) is 10.9. The molecular formula is C20H23F2N3O3S. The molecule has 0 radical (unpaired) electrons. The van der Waals surface area contributed by atoms with E-state index in [1.54, 1.807) is 0 Å². The Morgan fingerprint density at radius 3 is 2.38 bits per heavy atom. The molecule has 0 aromatic heterocycles. The van der Waals surface area contributed by atoms with E-state index < -0.39 is 27.4 Å². The quantitative estimate of drug-likeness (QED) is 0.737. The van der Waals surface area contributed by atoms with Gasteiger partial charge in [-0.2, -0.15) is 4.31 Å². The summed E-state index contributed by atoms with van der Waals surface area (Å²) in [4.78, 5) is 14.0. The number of sulfonamides is 1. The Balaban J connectivity index is 1.48. The van der Waals surface area contributed by atoms with Crippen LogP contribution >= 0.6 is 0 Å². The molecule has 1 aliphatic rings. The molecule has 6 nitrogen and oxygen atoms in total. The zero-order chi connectivity index (χ0) is 20.9.